The Kier molecular flexibility index (Phi) is 3.44. The summed E-state index contributed by atoms with van der Waals surface area (Å²) in [4.78, 5) is 5.36. The first-order valence-electron chi connectivity index (χ1n) is 4.02. The van der Waals surface area contributed by atoms with E-state index in [1.807, 2.05) is 18.5 Å². The minimum atomic E-state index is 0.135. The van der Waals surface area contributed by atoms with Crippen molar-refractivity contribution in [1.82, 2.24) is 4.98 Å². The van der Waals surface area contributed by atoms with Crippen molar-refractivity contribution in [2.45, 2.75) is 25.8 Å². The molecule has 1 aromatic rings. The summed E-state index contributed by atoms with van der Waals surface area (Å²) in [6, 6.07) is 0.135. The number of hydrogen-bond donors (Lipinski definition) is 1. The Morgan fingerprint density at radius 2 is 2.58 bits per heavy atom. The zero-order valence-corrected chi connectivity index (χ0v) is 8.10. The minimum Gasteiger partial charge on any atom is -0.323 e. The molecule has 2 N–H and O–H groups in total. The second kappa shape index (κ2) is 4.38. The quantitative estimate of drug-likeness (QED) is 0.726. The molecule has 1 atom stereocenters. The van der Waals surface area contributed by atoms with E-state index in [4.69, 9.17) is 5.73 Å². The molecule has 1 unspecified atom stereocenters. The van der Waals surface area contributed by atoms with Crippen LogP contribution in [-0.4, -0.2) is 4.98 Å². The smallest absolute Gasteiger partial charge is 0.0798 e. The number of nitrogens with zero attached hydrogens (tertiary/aromatic N) is 1. The maximum absolute atomic E-state index is 5.95. The third-order valence-corrected chi connectivity index (χ3v) is 2.86. The fraction of sp³-hybridized carbons (Fsp3) is 0.444. The molecule has 2 nitrogen and oxygen atoms in total. The molecule has 0 aliphatic rings. The molecule has 0 aliphatic heterocycles. The van der Waals surface area contributed by atoms with Gasteiger partial charge in [0.25, 0.3) is 0 Å². The summed E-state index contributed by atoms with van der Waals surface area (Å²) in [5.41, 5.74) is 8.86. The van der Waals surface area contributed by atoms with E-state index < -0.39 is 0 Å². The molecular formula is C9H14N2S. The van der Waals surface area contributed by atoms with Crippen LogP contribution in [0.1, 0.15) is 29.5 Å². The highest BCUT2D eigenvalue weighted by molar-refractivity contribution is 7.09. The van der Waals surface area contributed by atoms with Crippen LogP contribution < -0.4 is 5.73 Å². The van der Waals surface area contributed by atoms with E-state index in [0.29, 0.717) is 0 Å². The summed E-state index contributed by atoms with van der Waals surface area (Å²) >= 11 is 1.64. The third kappa shape index (κ3) is 2.16. The van der Waals surface area contributed by atoms with Crippen LogP contribution in [0.3, 0.4) is 0 Å². The van der Waals surface area contributed by atoms with E-state index in [-0.39, 0.29) is 6.04 Å². The Balaban J connectivity index is 2.58. The molecule has 0 saturated carbocycles. The van der Waals surface area contributed by atoms with Gasteiger partial charge in [0.2, 0.25) is 0 Å². The fourth-order valence-electron chi connectivity index (χ4n) is 1.10. The van der Waals surface area contributed by atoms with E-state index in [9.17, 15) is 0 Å². The molecule has 0 amide bonds. The summed E-state index contributed by atoms with van der Waals surface area (Å²) in [5.74, 6) is 0. The fourth-order valence-corrected chi connectivity index (χ4v) is 1.94. The Morgan fingerprint density at radius 1 is 1.83 bits per heavy atom. The van der Waals surface area contributed by atoms with Crippen molar-refractivity contribution in [2.24, 2.45) is 5.73 Å². The lowest BCUT2D eigenvalue weighted by Crippen LogP contribution is -2.09. The van der Waals surface area contributed by atoms with E-state index in [1.165, 1.54) is 4.88 Å². The minimum absolute atomic E-state index is 0.135. The van der Waals surface area contributed by atoms with Gasteiger partial charge in [0.1, 0.15) is 0 Å². The van der Waals surface area contributed by atoms with Gasteiger partial charge in [-0.3, -0.25) is 0 Å². The summed E-state index contributed by atoms with van der Waals surface area (Å²) in [6.07, 6.45) is 3.83. The summed E-state index contributed by atoms with van der Waals surface area (Å²) in [5, 5.41) is 0. The largest absolute Gasteiger partial charge is 0.323 e. The second-order valence-corrected chi connectivity index (χ2v) is 3.66. The predicted octanol–water partition coefficient (Wildman–Crippen LogP) is 2.42. The average molecular weight is 182 g/mol. The molecule has 1 rings (SSSR count). The Bertz CT molecular complexity index is 255. The molecule has 0 fully saturated rings. The van der Waals surface area contributed by atoms with Gasteiger partial charge in [-0.25, -0.2) is 4.98 Å². The van der Waals surface area contributed by atoms with Crippen LogP contribution in [0.4, 0.5) is 0 Å². The van der Waals surface area contributed by atoms with Crippen LogP contribution in [-0.2, 0) is 0 Å². The van der Waals surface area contributed by atoms with Gasteiger partial charge in [0.05, 0.1) is 11.2 Å². The van der Waals surface area contributed by atoms with Crippen molar-refractivity contribution in [1.29, 1.82) is 0 Å². The van der Waals surface area contributed by atoms with Crippen LogP contribution in [0.15, 0.2) is 18.2 Å². The maximum Gasteiger partial charge on any atom is 0.0798 e. The first kappa shape index (κ1) is 9.42. The van der Waals surface area contributed by atoms with Gasteiger partial charge in [-0.1, -0.05) is 6.08 Å². The topological polar surface area (TPSA) is 38.9 Å². The number of aryl methyl sites for hydroxylation is 1. The highest BCUT2D eigenvalue weighted by atomic mass is 32.1. The molecular weight excluding hydrogens is 168 g/mol. The summed E-state index contributed by atoms with van der Waals surface area (Å²) in [6.45, 7) is 5.67. The number of thiazole rings is 1. The number of allylic oxidation sites excluding steroid dienone is 1. The van der Waals surface area contributed by atoms with E-state index >= 15 is 0 Å². The molecule has 1 heterocycles. The van der Waals surface area contributed by atoms with E-state index in [2.05, 4.69) is 11.6 Å². The maximum atomic E-state index is 5.95. The highest BCUT2D eigenvalue weighted by Gasteiger charge is 2.09. The molecule has 12 heavy (non-hydrogen) atoms. The Labute approximate surface area is 77.1 Å². The van der Waals surface area contributed by atoms with Gasteiger partial charge < -0.3 is 5.73 Å². The Morgan fingerprint density at radius 3 is 3.08 bits per heavy atom. The lowest BCUT2D eigenvalue weighted by atomic mass is 10.1. The number of aromatic nitrogens is 1. The second-order valence-electron chi connectivity index (χ2n) is 2.77. The van der Waals surface area contributed by atoms with Gasteiger partial charge in [0.15, 0.2) is 0 Å². The predicted molar refractivity (Wildman–Crippen MR) is 53.2 cm³/mol. The van der Waals surface area contributed by atoms with Crippen LogP contribution in [0.25, 0.3) is 0 Å². The molecule has 66 valence electrons. The zero-order valence-electron chi connectivity index (χ0n) is 7.29. The normalized spacial score (nSPS) is 12.8. The standard InChI is InChI=1S/C9H14N2S/c1-3-4-5-8(10)9-7(2)11-6-12-9/h3,6,8H,1,4-5,10H2,2H3. The highest BCUT2D eigenvalue weighted by Crippen LogP contribution is 2.22. The number of hydrogen-bond acceptors (Lipinski definition) is 3. The molecule has 0 saturated heterocycles. The molecule has 0 bridgehead atoms. The van der Waals surface area contributed by atoms with Gasteiger partial charge >= 0.3 is 0 Å². The van der Waals surface area contributed by atoms with Gasteiger partial charge in [0, 0.05) is 10.9 Å². The zero-order chi connectivity index (χ0) is 8.97. The van der Waals surface area contributed by atoms with E-state index in [1.54, 1.807) is 11.3 Å². The summed E-state index contributed by atoms with van der Waals surface area (Å²) in [7, 11) is 0. The molecule has 1 aromatic heterocycles. The SMILES string of the molecule is C=CCCC(N)c1scnc1C. The average Bonchev–Trinajstić information content (AvgIpc) is 2.47. The van der Waals surface area contributed by atoms with Crippen molar-refractivity contribution in [3.63, 3.8) is 0 Å². The van der Waals surface area contributed by atoms with Crippen LogP contribution in [0.5, 0.6) is 0 Å². The lowest BCUT2D eigenvalue weighted by molar-refractivity contribution is 0.667. The van der Waals surface area contributed by atoms with Crippen molar-refractivity contribution < 1.29 is 0 Å². The van der Waals surface area contributed by atoms with Crippen molar-refractivity contribution in [2.75, 3.05) is 0 Å². The van der Waals surface area contributed by atoms with Crippen molar-refractivity contribution in [3.8, 4) is 0 Å². The number of rotatable bonds is 4. The van der Waals surface area contributed by atoms with Gasteiger partial charge in [-0.15, -0.1) is 17.9 Å². The van der Waals surface area contributed by atoms with Gasteiger partial charge in [-0.2, -0.15) is 0 Å². The van der Waals surface area contributed by atoms with Crippen molar-refractivity contribution >= 4 is 11.3 Å². The lowest BCUT2D eigenvalue weighted by Gasteiger charge is -2.07. The van der Waals surface area contributed by atoms with E-state index in [0.717, 1.165) is 18.5 Å². The van der Waals surface area contributed by atoms with Crippen molar-refractivity contribution in [3.05, 3.63) is 28.7 Å². The molecule has 0 spiro atoms. The molecule has 0 aliphatic carbocycles. The van der Waals surface area contributed by atoms with Crippen LogP contribution in [0.2, 0.25) is 0 Å². The molecule has 0 aromatic carbocycles. The van der Waals surface area contributed by atoms with Crippen LogP contribution >= 0.6 is 11.3 Å². The molecule has 0 radical (unpaired) electrons. The number of nitrogens with two attached hydrogens (primary N) is 1. The first-order chi connectivity index (χ1) is 5.75. The van der Waals surface area contributed by atoms with Gasteiger partial charge in [-0.05, 0) is 19.8 Å². The summed E-state index contributed by atoms with van der Waals surface area (Å²) < 4.78 is 0. The monoisotopic (exact) mass is 182 g/mol. The van der Waals surface area contributed by atoms with Crippen LogP contribution in [0, 0.1) is 6.92 Å². The molecule has 3 heteroatoms. The third-order valence-electron chi connectivity index (χ3n) is 1.80. The Hall–Kier alpha value is -0.670. The first-order valence-corrected chi connectivity index (χ1v) is 4.90.